The zero-order valence-electron chi connectivity index (χ0n) is 11.6. The van der Waals surface area contributed by atoms with Gasteiger partial charge in [0, 0.05) is 30.5 Å². The van der Waals surface area contributed by atoms with Gasteiger partial charge in [0.05, 0.1) is 34.3 Å². The van der Waals surface area contributed by atoms with E-state index in [1.54, 1.807) is 0 Å². The Morgan fingerprint density at radius 2 is 2.25 bits per heavy atom. The van der Waals surface area contributed by atoms with Gasteiger partial charge in [0.1, 0.15) is 5.75 Å². The lowest BCUT2D eigenvalue weighted by atomic mass is 9.78. The van der Waals surface area contributed by atoms with Gasteiger partial charge >= 0.3 is 0 Å². The highest BCUT2D eigenvalue weighted by Crippen LogP contribution is 2.48. The van der Waals surface area contributed by atoms with Crippen molar-refractivity contribution in [1.82, 2.24) is 9.78 Å². The van der Waals surface area contributed by atoms with E-state index in [1.807, 2.05) is 19.9 Å². The SMILES string of the molecule is CC(C)Oc1cc2nn(C34COC(C3)C4)cc2cc1Br. The molecule has 106 valence electrons. The molecule has 0 amide bonds. The van der Waals surface area contributed by atoms with Crippen LogP contribution in [0.3, 0.4) is 0 Å². The van der Waals surface area contributed by atoms with Crippen molar-refractivity contribution in [3.05, 3.63) is 22.8 Å². The summed E-state index contributed by atoms with van der Waals surface area (Å²) in [5, 5.41) is 5.89. The summed E-state index contributed by atoms with van der Waals surface area (Å²) in [5.74, 6) is 0.851. The van der Waals surface area contributed by atoms with Gasteiger partial charge in [-0.3, -0.25) is 4.68 Å². The fourth-order valence-electron chi connectivity index (χ4n) is 3.16. The Bertz CT molecular complexity index is 668. The maximum Gasteiger partial charge on any atom is 0.136 e. The highest BCUT2D eigenvalue weighted by molar-refractivity contribution is 9.10. The maximum atomic E-state index is 5.80. The summed E-state index contributed by atoms with van der Waals surface area (Å²) in [6.07, 6.45) is 4.92. The predicted octanol–water partition coefficient (Wildman–Crippen LogP) is 3.47. The summed E-state index contributed by atoms with van der Waals surface area (Å²) >= 11 is 3.58. The standard InChI is InChI=1S/C15H17BrN2O2/c1-9(2)20-14-4-13-10(3-12(14)16)7-18(17-13)15-5-11(6-15)19-8-15/h3-4,7,9,11H,5-6,8H2,1-2H3. The smallest absolute Gasteiger partial charge is 0.136 e. The van der Waals surface area contributed by atoms with E-state index in [2.05, 4.69) is 32.9 Å². The van der Waals surface area contributed by atoms with Crippen LogP contribution in [0.1, 0.15) is 26.7 Å². The first-order chi connectivity index (χ1) is 9.56. The zero-order valence-corrected chi connectivity index (χ0v) is 13.2. The molecule has 0 N–H and O–H groups in total. The zero-order chi connectivity index (χ0) is 13.9. The molecule has 2 aromatic rings. The largest absolute Gasteiger partial charge is 0.490 e. The number of rotatable bonds is 3. The Labute approximate surface area is 126 Å². The van der Waals surface area contributed by atoms with E-state index in [4.69, 9.17) is 14.6 Å². The van der Waals surface area contributed by atoms with Gasteiger partial charge in [0.2, 0.25) is 0 Å². The van der Waals surface area contributed by atoms with Gasteiger partial charge < -0.3 is 9.47 Å². The lowest BCUT2D eigenvalue weighted by Crippen LogP contribution is -2.43. The highest BCUT2D eigenvalue weighted by atomic mass is 79.9. The van der Waals surface area contributed by atoms with Crippen molar-refractivity contribution in [2.45, 2.75) is 44.4 Å². The Balaban J connectivity index is 1.75. The van der Waals surface area contributed by atoms with Gasteiger partial charge in [0.15, 0.2) is 0 Å². The molecule has 2 aliphatic heterocycles. The normalized spacial score (nSPS) is 28.1. The molecule has 0 unspecified atom stereocenters. The molecule has 3 aliphatic rings. The first-order valence-corrected chi connectivity index (χ1v) is 7.83. The van der Waals surface area contributed by atoms with Crippen molar-refractivity contribution < 1.29 is 9.47 Å². The fraction of sp³-hybridized carbons (Fsp3) is 0.533. The van der Waals surface area contributed by atoms with Gasteiger partial charge in [-0.05, 0) is 35.8 Å². The molecule has 0 spiro atoms. The minimum Gasteiger partial charge on any atom is -0.490 e. The second kappa shape index (κ2) is 4.21. The molecular weight excluding hydrogens is 320 g/mol. The maximum absolute atomic E-state index is 5.80. The molecule has 2 bridgehead atoms. The summed E-state index contributed by atoms with van der Waals surface area (Å²) < 4.78 is 14.6. The summed E-state index contributed by atoms with van der Waals surface area (Å²) in [4.78, 5) is 0. The average molecular weight is 337 g/mol. The molecule has 1 aromatic heterocycles. The Kier molecular flexibility index (Phi) is 2.67. The second-order valence-electron chi connectivity index (χ2n) is 6.15. The molecule has 20 heavy (non-hydrogen) atoms. The molecule has 0 atom stereocenters. The molecular formula is C15H17BrN2O2. The molecule has 5 rings (SSSR count). The van der Waals surface area contributed by atoms with Gasteiger partial charge in [-0.15, -0.1) is 0 Å². The molecule has 1 saturated carbocycles. The molecule has 5 heteroatoms. The Hall–Kier alpha value is -1.07. The second-order valence-corrected chi connectivity index (χ2v) is 7.00. The molecule has 0 radical (unpaired) electrons. The molecule has 1 aromatic carbocycles. The van der Waals surface area contributed by atoms with E-state index in [0.717, 1.165) is 40.6 Å². The number of benzene rings is 1. The number of hydrogen-bond acceptors (Lipinski definition) is 3. The van der Waals surface area contributed by atoms with Crippen LogP contribution in [-0.2, 0) is 10.3 Å². The number of ether oxygens (including phenoxy) is 2. The van der Waals surface area contributed by atoms with Crippen LogP contribution in [0.5, 0.6) is 5.75 Å². The third-order valence-electron chi connectivity index (χ3n) is 4.21. The minimum atomic E-state index is 0.106. The summed E-state index contributed by atoms with van der Waals surface area (Å²) in [5.41, 5.74) is 1.09. The monoisotopic (exact) mass is 336 g/mol. The molecule has 1 aliphatic carbocycles. The number of hydrogen-bond donors (Lipinski definition) is 0. The van der Waals surface area contributed by atoms with Crippen LogP contribution in [0, 0.1) is 0 Å². The van der Waals surface area contributed by atoms with E-state index in [-0.39, 0.29) is 11.6 Å². The lowest BCUT2D eigenvalue weighted by Gasteiger charge is -2.35. The van der Waals surface area contributed by atoms with Gasteiger partial charge in [0.25, 0.3) is 0 Å². The summed E-state index contributed by atoms with van der Waals surface area (Å²) in [7, 11) is 0. The van der Waals surface area contributed by atoms with Crippen LogP contribution in [0.15, 0.2) is 22.8 Å². The van der Waals surface area contributed by atoms with Crippen molar-refractivity contribution in [2.75, 3.05) is 6.61 Å². The summed E-state index contributed by atoms with van der Waals surface area (Å²) in [6, 6.07) is 4.09. The number of fused-ring (bicyclic) bond motifs is 2. The van der Waals surface area contributed by atoms with Crippen LogP contribution < -0.4 is 4.74 Å². The van der Waals surface area contributed by atoms with Crippen LogP contribution in [-0.4, -0.2) is 28.6 Å². The quantitative estimate of drug-likeness (QED) is 0.860. The van der Waals surface area contributed by atoms with Gasteiger partial charge in [-0.2, -0.15) is 5.10 Å². The lowest BCUT2D eigenvalue weighted by molar-refractivity contribution is 0.110. The Morgan fingerprint density at radius 3 is 2.90 bits per heavy atom. The topological polar surface area (TPSA) is 36.3 Å². The van der Waals surface area contributed by atoms with E-state index < -0.39 is 0 Å². The predicted molar refractivity (Wildman–Crippen MR) is 80.1 cm³/mol. The fourth-order valence-corrected chi connectivity index (χ4v) is 3.62. The van der Waals surface area contributed by atoms with E-state index >= 15 is 0 Å². The van der Waals surface area contributed by atoms with Gasteiger partial charge in [-0.1, -0.05) is 0 Å². The van der Waals surface area contributed by atoms with E-state index in [1.165, 1.54) is 0 Å². The van der Waals surface area contributed by atoms with Crippen LogP contribution in [0.4, 0.5) is 0 Å². The van der Waals surface area contributed by atoms with Crippen LogP contribution in [0.2, 0.25) is 0 Å². The molecule has 4 nitrogen and oxygen atoms in total. The summed E-state index contributed by atoms with van der Waals surface area (Å²) in [6.45, 7) is 4.85. The van der Waals surface area contributed by atoms with Crippen molar-refractivity contribution in [3.63, 3.8) is 0 Å². The first kappa shape index (κ1) is 12.7. The van der Waals surface area contributed by atoms with E-state index in [9.17, 15) is 0 Å². The number of halogens is 1. The van der Waals surface area contributed by atoms with Crippen molar-refractivity contribution in [1.29, 1.82) is 0 Å². The molecule has 3 fully saturated rings. The number of nitrogens with zero attached hydrogens (tertiary/aromatic N) is 2. The van der Waals surface area contributed by atoms with Crippen LogP contribution in [0.25, 0.3) is 10.9 Å². The van der Waals surface area contributed by atoms with E-state index in [0.29, 0.717) is 6.10 Å². The van der Waals surface area contributed by atoms with Gasteiger partial charge in [-0.25, -0.2) is 0 Å². The van der Waals surface area contributed by atoms with Crippen molar-refractivity contribution in [3.8, 4) is 5.75 Å². The Morgan fingerprint density at radius 1 is 1.45 bits per heavy atom. The average Bonchev–Trinajstić information content (AvgIpc) is 2.99. The highest BCUT2D eigenvalue weighted by Gasteiger charge is 2.54. The third-order valence-corrected chi connectivity index (χ3v) is 4.83. The molecule has 2 saturated heterocycles. The minimum absolute atomic E-state index is 0.106. The molecule has 3 heterocycles. The van der Waals surface area contributed by atoms with Crippen molar-refractivity contribution in [2.24, 2.45) is 0 Å². The van der Waals surface area contributed by atoms with Crippen LogP contribution >= 0.6 is 15.9 Å². The first-order valence-electron chi connectivity index (χ1n) is 7.03. The number of aromatic nitrogens is 2. The van der Waals surface area contributed by atoms with Crippen molar-refractivity contribution >= 4 is 26.8 Å². The third kappa shape index (κ3) is 1.79.